The Kier molecular flexibility index (Phi) is 4.30. The standard InChI is InChI=1S/C15H24FN3/c1-10(2)19-5-4-12(9-19)8-18-15-6-11(3)13(16)7-14(15)17/h6-7,10,12,18H,4-5,8-9,17H2,1-3H3. The Morgan fingerprint density at radius 2 is 2.21 bits per heavy atom. The molecule has 1 aromatic carbocycles. The molecule has 1 heterocycles. The Balaban J connectivity index is 1.91. The molecule has 1 aliphatic rings. The molecule has 1 unspecified atom stereocenters. The molecule has 1 atom stereocenters. The van der Waals surface area contributed by atoms with Crippen molar-refractivity contribution in [1.82, 2.24) is 4.90 Å². The van der Waals surface area contributed by atoms with Gasteiger partial charge in [-0.15, -0.1) is 0 Å². The topological polar surface area (TPSA) is 41.3 Å². The number of benzene rings is 1. The van der Waals surface area contributed by atoms with Gasteiger partial charge in [0.2, 0.25) is 0 Å². The predicted molar refractivity (Wildman–Crippen MR) is 78.9 cm³/mol. The summed E-state index contributed by atoms with van der Waals surface area (Å²) in [4.78, 5) is 2.49. The molecule has 4 heteroatoms. The van der Waals surface area contributed by atoms with Crippen molar-refractivity contribution in [2.45, 2.75) is 33.2 Å². The van der Waals surface area contributed by atoms with E-state index in [9.17, 15) is 4.39 Å². The Morgan fingerprint density at radius 3 is 2.84 bits per heavy atom. The van der Waals surface area contributed by atoms with E-state index in [1.54, 1.807) is 13.0 Å². The number of hydrogen-bond acceptors (Lipinski definition) is 3. The number of anilines is 2. The Bertz CT molecular complexity index is 445. The summed E-state index contributed by atoms with van der Waals surface area (Å²) in [5.74, 6) is 0.405. The number of nitrogens with one attached hydrogen (secondary N) is 1. The SMILES string of the molecule is Cc1cc(NCC2CCN(C(C)C)C2)c(N)cc1F. The van der Waals surface area contributed by atoms with Gasteiger partial charge in [-0.25, -0.2) is 4.39 Å². The number of nitrogens with zero attached hydrogens (tertiary/aromatic N) is 1. The van der Waals surface area contributed by atoms with Crippen molar-refractivity contribution in [3.63, 3.8) is 0 Å². The highest BCUT2D eigenvalue weighted by Crippen LogP contribution is 2.24. The summed E-state index contributed by atoms with van der Waals surface area (Å²) < 4.78 is 13.3. The molecule has 1 fully saturated rings. The largest absolute Gasteiger partial charge is 0.397 e. The van der Waals surface area contributed by atoms with Gasteiger partial charge in [-0.05, 0) is 57.4 Å². The van der Waals surface area contributed by atoms with Gasteiger partial charge in [0.1, 0.15) is 5.82 Å². The van der Waals surface area contributed by atoms with Crippen LogP contribution in [0.2, 0.25) is 0 Å². The molecule has 106 valence electrons. The number of likely N-dealkylation sites (tertiary alicyclic amines) is 1. The third-order valence-corrected chi connectivity index (χ3v) is 3.96. The molecule has 0 aliphatic carbocycles. The molecule has 0 bridgehead atoms. The number of nitrogen functional groups attached to an aromatic ring is 1. The molecule has 3 nitrogen and oxygen atoms in total. The number of nitrogens with two attached hydrogens (primary N) is 1. The van der Waals surface area contributed by atoms with Gasteiger partial charge in [-0.3, -0.25) is 0 Å². The van der Waals surface area contributed by atoms with Gasteiger partial charge in [-0.2, -0.15) is 0 Å². The summed E-state index contributed by atoms with van der Waals surface area (Å²) in [5, 5.41) is 3.36. The van der Waals surface area contributed by atoms with Gasteiger partial charge in [-0.1, -0.05) is 0 Å². The molecule has 1 aliphatic heterocycles. The first-order chi connectivity index (χ1) is 8.97. The van der Waals surface area contributed by atoms with Crippen LogP contribution in [0.5, 0.6) is 0 Å². The summed E-state index contributed by atoms with van der Waals surface area (Å²) >= 11 is 0. The van der Waals surface area contributed by atoms with Gasteiger partial charge in [0.05, 0.1) is 11.4 Å². The number of aryl methyl sites for hydroxylation is 1. The molecule has 1 aromatic rings. The van der Waals surface area contributed by atoms with Crippen LogP contribution in [0.4, 0.5) is 15.8 Å². The van der Waals surface area contributed by atoms with Crippen LogP contribution in [0.25, 0.3) is 0 Å². The maximum Gasteiger partial charge on any atom is 0.128 e. The lowest BCUT2D eigenvalue weighted by atomic mass is 10.1. The molecule has 1 saturated heterocycles. The predicted octanol–water partition coefficient (Wildman–Crippen LogP) is 2.86. The molecule has 0 radical (unpaired) electrons. The van der Waals surface area contributed by atoms with Crippen molar-refractivity contribution in [1.29, 1.82) is 0 Å². The van der Waals surface area contributed by atoms with E-state index in [2.05, 4.69) is 24.1 Å². The van der Waals surface area contributed by atoms with E-state index in [-0.39, 0.29) is 5.82 Å². The molecule has 2 rings (SSSR count). The number of hydrogen-bond donors (Lipinski definition) is 2. The minimum absolute atomic E-state index is 0.241. The minimum Gasteiger partial charge on any atom is -0.397 e. The Labute approximate surface area is 115 Å². The molecule has 3 N–H and O–H groups in total. The molecule has 0 aromatic heterocycles. The Hall–Kier alpha value is -1.29. The maximum atomic E-state index is 13.3. The molecular formula is C15H24FN3. The Morgan fingerprint density at radius 1 is 1.47 bits per heavy atom. The smallest absolute Gasteiger partial charge is 0.128 e. The molecule has 0 spiro atoms. The van der Waals surface area contributed by atoms with Crippen LogP contribution in [-0.4, -0.2) is 30.6 Å². The van der Waals surface area contributed by atoms with E-state index in [1.807, 2.05) is 0 Å². The first-order valence-corrected chi connectivity index (χ1v) is 7.01. The molecular weight excluding hydrogens is 241 g/mol. The van der Waals surface area contributed by atoms with Crippen LogP contribution in [0.1, 0.15) is 25.8 Å². The van der Waals surface area contributed by atoms with Gasteiger partial charge < -0.3 is 16.0 Å². The van der Waals surface area contributed by atoms with Crippen molar-refractivity contribution in [2.24, 2.45) is 5.92 Å². The number of rotatable bonds is 4. The van der Waals surface area contributed by atoms with E-state index in [4.69, 9.17) is 5.73 Å². The van der Waals surface area contributed by atoms with Crippen molar-refractivity contribution in [3.05, 3.63) is 23.5 Å². The molecule has 19 heavy (non-hydrogen) atoms. The summed E-state index contributed by atoms with van der Waals surface area (Å²) in [6.07, 6.45) is 1.21. The lowest BCUT2D eigenvalue weighted by Gasteiger charge is -2.20. The monoisotopic (exact) mass is 265 g/mol. The third kappa shape index (κ3) is 3.38. The number of halogens is 1. The van der Waals surface area contributed by atoms with Crippen molar-refractivity contribution < 1.29 is 4.39 Å². The van der Waals surface area contributed by atoms with Crippen LogP contribution >= 0.6 is 0 Å². The zero-order valence-corrected chi connectivity index (χ0v) is 12.0. The summed E-state index contributed by atoms with van der Waals surface area (Å²) in [6.45, 7) is 9.43. The fourth-order valence-corrected chi connectivity index (χ4v) is 2.60. The lowest BCUT2D eigenvalue weighted by molar-refractivity contribution is 0.266. The fourth-order valence-electron chi connectivity index (χ4n) is 2.60. The van der Waals surface area contributed by atoms with Crippen LogP contribution in [0, 0.1) is 18.7 Å². The van der Waals surface area contributed by atoms with E-state index in [0.717, 1.165) is 18.8 Å². The highest BCUT2D eigenvalue weighted by Gasteiger charge is 2.23. The fraction of sp³-hybridized carbons (Fsp3) is 0.600. The van der Waals surface area contributed by atoms with Crippen molar-refractivity contribution >= 4 is 11.4 Å². The first kappa shape index (κ1) is 14.1. The highest BCUT2D eigenvalue weighted by atomic mass is 19.1. The zero-order valence-electron chi connectivity index (χ0n) is 12.0. The van der Waals surface area contributed by atoms with Gasteiger partial charge >= 0.3 is 0 Å². The quantitative estimate of drug-likeness (QED) is 0.823. The van der Waals surface area contributed by atoms with E-state index in [0.29, 0.717) is 23.2 Å². The summed E-state index contributed by atoms with van der Waals surface area (Å²) in [5.41, 5.74) is 7.81. The van der Waals surface area contributed by atoms with Crippen LogP contribution in [0.3, 0.4) is 0 Å². The van der Waals surface area contributed by atoms with Crippen LogP contribution in [-0.2, 0) is 0 Å². The third-order valence-electron chi connectivity index (χ3n) is 3.96. The maximum absolute atomic E-state index is 13.3. The highest BCUT2D eigenvalue weighted by molar-refractivity contribution is 5.67. The van der Waals surface area contributed by atoms with Gasteiger partial charge in [0.25, 0.3) is 0 Å². The second-order valence-corrected chi connectivity index (χ2v) is 5.81. The molecule has 0 saturated carbocycles. The van der Waals surface area contributed by atoms with Gasteiger partial charge in [0.15, 0.2) is 0 Å². The van der Waals surface area contributed by atoms with E-state index < -0.39 is 0 Å². The first-order valence-electron chi connectivity index (χ1n) is 7.01. The van der Waals surface area contributed by atoms with E-state index in [1.165, 1.54) is 19.0 Å². The minimum atomic E-state index is -0.241. The van der Waals surface area contributed by atoms with Gasteiger partial charge in [0, 0.05) is 19.1 Å². The average Bonchev–Trinajstić information content (AvgIpc) is 2.81. The summed E-state index contributed by atoms with van der Waals surface area (Å²) in [7, 11) is 0. The van der Waals surface area contributed by atoms with Crippen molar-refractivity contribution in [2.75, 3.05) is 30.7 Å². The van der Waals surface area contributed by atoms with Crippen LogP contribution < -0.4 is 11.1 Å². The zero-order chi connectivity index (χ0) is 14.0. The second-order valence-electron chi connectivity index (χ2n) is 5.81. The van der Waals surface area contributed by atoms with E-state index >= 15 is 0 Å². The lowest BCUT2D eigenvalue weighted by Crippen LogP contribution is -2.29. The van der Waals surface area contributed by atoms with Crippen LogP contribution in [0.15, 0.2) is 12.1 Å². The average molecular weight is 265 g/mol. The van der Waals surface area contributed by atoms with Crippen molar-refractivity contribution in [3.8, 4) is 0 Å². The second kappa shape index (κ2) is 5.78. The summed E-state index contributed by atoms with van der Waals surface area (Å²) in [6, 6.07) is 3.80. The molecule has 0 amide bonds. The normalized spacial score (nSPS) is 20.2.